The van der Waals surface area contributed by atoms with Crippen LogP contribution in [-0.4, -0.2) is 34.9 Å². The van der Waals surface area contributed by atoms with Crippen LogP contribution in [0.3, 0.4) is 0 Å². The topological polar surface area (TPSA) is 69.6 Å². The number of aromatic hydroxyl groups is 1. The van der Waals surface area contributed by atoms with Crippen molar-refractivity contribution in [2.24, 2.45) is 0 Å². The quantitative estimate of drug-likeness (QED) is 0.888. The first kappa shape index (κ1) is 16.1. The maximum Gasteiger partial charge on any atom is 0.253 e. The number of nitrogens with zero attached hydrogens (tertiary/aromatic N) is 1. The largest absolute Gasteiger partial charge is 0.508 e. The van der Waals surface area contributed by atoms with E-state index in [1.807, 2.05) is 0 Å². The summed E-state index contributed by atoms with van der Waals surface area (Å²) in [5.41, 5.74) is 2.04. The van der Waals surface area contributed by atoms with E-state index in [0.29, 0.717) is 23.7 Å². The van der Waals surface area contributed by atoms with E-state index in [1.165, 1.54) is 0 Å². The molecule has 1 saturated carbocycles. The minimum atomic E-state index is -0.114. The van der Waals surface area contributed by atoms with Gasteiger partial charge in [-0.2, -0.15) is 0 Å². The van der Waals surface area contributed by atoms with Crippen LogP contribution in [0.25, 0.3) is 0 Å². The molecule has 24 heavy (non-hydrogen) atoms. The summed E-state index contributed by atoms with van der Waals surface area (Å²) in [5, 5.41) is 12.2. The van der Waals surface area contributed by atoms with Gasteiger partial charge in [0.25, 0.3) is 11.8 Å². The number of phenols is 1. The Bertz CT molecular complexity index is 734. The molecule has 5 heteroatoms. The Morgan fingerprint density at radius 2 is 1.62 bits per heavy atom. The van der Waals surface area contributed by atoms with E-state index in [4.69, 9.17) is 0 Å². The molecule has 0 saturated heterocycles. The van der Waals surface area contributed by atoms with Gasteiger partial charge in [0.05, 0.1) is 0 Å². The van der Waals surface area contributed by atoms with Gasteiger partial charge in [0.15, 0.2) is 0 Å². The third-order valence-corrected chi connectivity index (χ3v) is 4.01. The van der Waals surface area contributed by atoms with Crippen LogP contribution in [0.15, 0.2) is 48.5 Å². The van der Waals surface area contributed by atoms with Gasteiger partial charge in [0.2, 0.25) is 0 Å². The highest BCUT2D eigenvalue weighted by Crippen LogP contribution is 2.19. The second-order valence-electron chi connectivity index (χ2n) is 6.15. The van der Waals surface area contributed by atoms with E-state index in [9.17, 15) is 14.7 Å². The van der Waals surface area contributed by atoms with E-state index in [-0.39, 0.29) is 17.6 Å². The molecule has 1 aliphatic rings. The molecular weight excluding hydrogens is 304 g/mol. The smallest absolute Gasteiger partial charge is 0.253 e. The summed E-state index contributed by atoms with van der Waals surface area (Å²) >= 11 is 0. The van der Waals surface area contributed by atoms with Crippen LogP contribution in [0.5, 0.6) is 5.75 Å². The van der Waals surface area contributed by atoms with Crippen molar-refractivity contribution in [1.82, 2.24) is 10.2 Å². The molecular formula is C19H20N2O3. The fraction of sp³-hybridized carbons (Fsp3) is 0.263. The Hall–Kier alpha value is -2.82. The molecule has 0 heterocycles. The van der Waals surface area contributed by atoms with Crippen LogP contribution >= 0.6 is 0 Å². The monoisotopic (exact) mass is 324 g/mol. The van der Waals surface area contributed by atoms with Crippen molar-refractivity contribution in [3.05, 3.63) is 65.2 Å². The predicted octanol–water partition coefficient (Wildman–Crippen LogP) is 2.56. The molecule has 1 aliphatic carbocycles. The second-order valence-corrected chi connectivity index (χ2v) is 6.15. The molecule has 2 aromatic rings. The Labute approximate surface area is 140 Å². The first-order chi connectivity index (χ1) is 11.5. The average molecular weight is 324 g/mol. The lowest BCUT2D eigenvalue weighted by Crippen LogP contribution is -2.27. The van der Waals surface area contributed by atoms with Crippen LogP contribution in [-0.2, 0) is 6.54 Å². The molecule has 2 aromatic carbocycles. The van der Waals surface area contributed by atoms with Crippen LogP contribution in [0.4, 0.5) is 0 Å². The molecule has 0 atom stereocenters. The molecule has 2 N–H and O–H groups in total. The van der Waals surface area contributed by atoms with Gasteiger partial charge in [-0.3, -0.25) is 9.59 Å². The van der Waals surface area contributed by atoms with E-state index in [0.717, 1.165) is 18.4 Å². The van der Waals surface area contributed by atoms with E-state index in [1.54, 1.807) is 60.5 Å². The normalized spacial score (nSPS) is 13.4. The van der Waals surface area contributed by atoms with Gasteiger partial charge in [0.1, 0.15) is 5.75 Å². The molecule has 3 rings (SSSR count). The highest BCUT2D eigenvalue weighted by Gasteiger charge is 2.23. The molecule has 0 aliphatic heterocycles. The van der Waals surface area contributed by atoms with Gasteiger partial charge < -0.3 is 15.3 Å². The number of phenolic OH excluding ortho intramolecular Hbond substituents is 1. The maximum absolute atomic E-state index is 12.5. The summed E-state index contributed by atoms with van der Waals surface area (Å²) in [6.45, 7) is 0.447. The van der Waals surface area contributed by atoms with E-state index >= 15 is 0 Å². The van der Waals surface area contributed by atoms with Gasteiger partial charge in [-0.15, -0.1) is 0 Å². The second kappa shape index (κ2) is 6.74. The van der Waals surface area contributed by atoms with Gasteiger partial charge in [0, 0.05) is 30.8 Å². The summed E-state index contributed by atoms with van der Waals surface area (Å²) in [6, 6.07) is 13.8. The van der Waals surface area contributed by atoms with Gasteiger partial charge >= 0.3 is 0 Å². The van der Waals surface area contributed by atoms with Crippen LogP contribution in [0, 0.1) is 0 Å². The van der Waals surface area contributed by atoms with Gasteiger partial charge in [-0.05, 0) is 54.8 Å². The van der Waals surface area contributed by atoms with Crippen molar-refractivity contribution >= 4 is 11.8 Å². The fourth-order valence-electron chi connectivity index (χ4n) is 2.43. The molecule has 0 unspecified atom stereocenters. The zero-order valence-electron chi connectivity index (χ0n) is 13.5. The maximum atomic E-state index is 12.5. The summed E-state index contributed by atoms with van der Waals surface area (Å²) in [5.74, 6) is -0.000958. The Kier molecular flexibility index (Phi) is 4.51. The third-order valence-electron chi connectivity index (χ3n) is 4.01. The number of benzene rings is 2. The Morgan fingerprint density at radius 1 is 1.04 bits per heavy atom. The summed E-state index contributed by atoms with van der Waals surface area (Å²) in [7, 11) is 1.73. The molecule has 2 amide bonds. The molecule has 0 spiro atoms. The van der Waals surface area contributed by atoms with Crippen LogP contribution < -0.4 is 5.32 Å². The zero-order valence-corrected chi connectivity index (χ0v) is 13.5. The van der Waals surface area contributed by atoms with Crippen molar-refractivity contribution in [3.63, 3.8) is 0 Å². The third kappa shape index (κ3) is 3.93. The molecule has 5 nitrogen and oxygen atoms in total. The van der Waals surface area contributed by atoms with Crippen molar-refractivity contribution in [2.45, 2.75) is 25.4 Å². The molecule has 0 bridgehead atoms. The van der Waals surface area contributed by atoms with Crippen LogP contribution in [0.2, 0.25) is 0 Å². The number of hydrogen-bond donors (Lipinski definition) is 2. The first-order valence-corrected chi connectivity index (χ1v) is 7.97. The van der Waals surface area contributed by atoms with Crippen LogP contribution in [0.1, 0.15) is 39.1 Å². The number of amides is 2. The van der Waals surface area contributed by atoms with Crippen molar-refractivity contribution < 1.29 is 14.7 Å². The minimum absolute atomic E-state index is 0.0889. The number of carbonyl (C=O) groups excluding carboxylic acids is 2. The number of nitrogens with one attached hydrogen (secondary N) is 1. The van der Waals surface area contributed by atoms with Gasteiger partial charge in [-0.25, -0.2) is 0 Å². The predicted molar refractivity (Wildman–Crippen MR) is 90.8 cm³/mol. The summed E-state index contributed by atoms with van der Waals surface area (Å²) < 4.78 is 0. The van der Waals surface area contributed by atoms with Crippen molar-refractivity contribution in [3.8, 4) is 5.75 Å². The standard InChI is InChI=1S/C19H20N2O3/c1-21(12-13-2-10-17(22)11-3-13)19(24)15-6-4-14(5-7-15)18(23)20-16-8-9-16/h2-7,10-11,16,22H,8-9,12H2,1H3,(H,20,23). The summed E-state index contributed by atoms with van der Waals surface area (Å²) in [4.78, 5) is 26.0. The molecule has 0 aromatic heterocycles. The Morgan fingerprint density at radius 3 is 2.21 bits per heavy atom. The molecule has 0 radical (unpaired) electrons. The van der Waals surface area contributed by atoms with Gasteiger partial charge in [-0.1, -0.05) is 12.1 Å². The highest BCUT2D eigenvalue weighted by molar-refractivity contribution is 5.97. The first-order valence-electron chi connectivity index (χ1n) is 7.97. The number of carbonyl (C=O) groups is 2. The lowest BCUT2D eigenvalue weighted by Gasteiger charge is -2.17. The number of rotatable bonds is 5. The van der Waals surface area contributed by atoms with E-state index < -0.39 is 0 Å². The zero-order chi connectivity index (χ0) is 17.1. The summed E-state index contributed by atoms with van der Waals surface area (Å²) in [6.07, 6.45) is 2.09. The lowest BCUT2D eigenvalue weighted by atomic mass is 10.1. The highest BCUT2D eigenvalue weighted by atomic mass is 16.3. The minimum Gasteiger partial charge on any atom is -0.508 e. The lowest BCUT2D eigenvalue weighted by molar-refractivity contribution is 0.0784. The Balaban J connectivity index is 1.63. The van der Waals surface area contributed by atoms with Crippen molar-refractivity contribution in [2.75, 3.05) is 7.05 Å². The number of hydrogen-bond acceptors (Lipinski definition) is 3. The SMILES string of the molecule is CN(Cc1ccc(O)cc1)C(=O)c1ccc(C(=O)NC2CC2)cc1. The fourth-order valence-corrected chi connectivity index (χ4v) is 2.43. The van der Waals surface area contributed by atoms with Crippen molar-refractivity contribution in [1.29, 1.82) is 0 Å². The molecule has 1 fully saturated rings. The molecule has 124 valence electrons. The average Bonchev–Trinajstić information content (AvgIpc) is 3.40. The van der Waals surface area contributed by atoms with E-state index in [2.05, 4.69) is 5.32 Å².